The van der Waals surface area contributed by atoms with E-state index in [1.165, 1.54) is 19.3 Å². The third kappa shape index (κ3) is 3.56. The van der Waals surface area contributed by atoms with E-state index in [1.54, 1.807) is 0 Å². The zero-order chi connectivity index (χ0) is 9.80. The zero-order valence-corrected chi connectivity index (χ0v) is 8.78. The van der Waals surface area contributed by atoms with E-state index in [-0.39, 0.29) is 0 Å². The molecule has 3 heteroatoms. The van der Waals surface area contributed by atoms with Crippen LogP contribution in [0.5, 0.6) is 0 Å². The molecule has 0 bridgehead atoms. The van der Waals surface area contributed by atoms with E-state index in [0.717, 1.165) is 31.8 Å². The first-order valence-corrected chi connectivity index (χ1v) is 5.79. The minimum atomic E-state index is 0.345. The fourth-order valence-corrected chi connectivity index (χ4v) is 1.98. The Kier molecular flexibility index (Phi) is 3.79. The van der Waals surface area contributed by atoms with Crippen LogP contribution in [0.15, 0.2) is 0 Å². The Bertz CT molecular complexity index is 171. The maximum Gasteiger partial charge on any atom is 0.147 e. The van der Waals surface area contributed by atoms with Gasteiger partial charge in [0.2, 0.25) is 0 Å². The van der Waals surface area contributed by atoms with Crippen molar-refractivity contribution in [2.24, 2.45) is 11.7 Å². The summed E-state index contributed by atoms with van der Waals surface area (Å²) in [5, 5.41) is 0. The van der Waals surface area contributed by atoms with Gasteiger partial charge in [-0.15, -0.1) is 0 Å². The Labute approximate surface area is 85.9 Å². The quantitative estimate of drug-likeness (QED) is 0.541. The molecular weight excluding hydrogens is 178 g/mol. The molecule has 0 saturated heterocycles. The molecule has 0 aromatic carbocycles. The Morgan fingerprint density at radius 1 is 1.14 bits per heavy atom. The van der Waals surface area contributed by atoms with E-state index >= 15 is 0 Å². The van der Waals surface area contributed by atoms with Crippen LogP contribution in [0.1, 0.15) is 38.5 Å². The summed E-state index contributed by atoms with van der Waals surface area (Å²) in [6.07, 6.45) is 7.55. The Morgan fingerprint density at radius 3 is 2.71 bits per heavy atom. The summed E-state index contributed by atoms with van der Waals surface area (Å²) in [5.41, 5.74) is 5.87. The molecule has 0 aromatic heterocycles. The van der Waals surface area contributed by atoms with Gasteiger partial charge in [0.05, 0.1) is 12.7 Å². The summed E-state index contributed by atoms with van der Waals surface area (Å²) in [4.78, 5) is 0. The minimum Gasteiger partial charge on any atom is -0.355 e. The largest absolute Gasteiger partial charge is 0.355 e. The maximum atomic E-state index is 5.87. The average molecular weight is 199 g/mol. The van der Waals surface area contributed by atoms with Crippen LogP contribution in [0.4, 0.5) is 0 Å². The van der Waals surface area contributed by atoms with Gasteiger partial charge in [-0.05, 0) is 44.4 Å². The highest BCUT2D eigenvalue weighted by Gasteiger charge is 2.22. The lowest BCUT2D eigenvalue weighted by molar-refractivity contribution is -0.102. The van der Waals surface area contributed by atoms with E-state index in [1.807, 2.05) is 0 Å². The van der Waals surface area contributed by atoms with Crippen molar-refractivity contribution < 1.29 is 9.47 Å². The van der Waals surface area contributed by atoms with Gasteiger partial charge in [-0.25, -0.2) is 0 Å². The van der Waals surface area contributed by atoms with E-state index in [9.17, 15) is 0 Å². The first-order chi connectivity index (χ1) is 6.84. The fourth-order valence-electron chi connectivity index (χ4n) is 1.98. The van der Waals surface area contributed by atoms with Gasteiger partial charge >= 0.3 is 0 Å². The number of rotatable bonds is 5. The molecular formula is C11H21NO2. The van der Waals surface area contributed by atoms with Crippen LogP contribution in [0.2, 0.25) is 0 Å². The third-order valence-electron chi connectivity index (χ3n) is 3.10. The normalized spacial score (nSPS) is 33.2. The predicted octanol–water partition coefficient (Wildman–Crippen LogP) is 1.66. The molecule has 0 amide bonds. The summed E-state index contributed by atoms with van der Waals surface area (Å²) in [6.45, 7) is 1.35. The first kappa shape index (κ1) is 10.4. The van der Waals surface area contributed by atoms with Gasteiger partial charge in [-0.1, -0.05) is 0 Å². The molecule has 2 aliphatic carbocycles. The lowest BCUT2D eigenvalue weighted by Crippen LogP contribution is -2.32. The van der Waals surface area contributed by atoms with Crippen molar-refractivity contribution in [2.45, 2.75) is 50.7 Å². The topological polar surface area (TPSA) is 44.5 Å². The van der Waals surface area contributed by atoms with Crippen molar-refractivity contribution in [3.8, 4) is 0 Å². The van der Waals surface area contributed by atoms with Crippen LogP contribution in [-0.4, -0.2) is 25.5 Å². The highest BCUT2D eigenvalue weighted by atomic mass is 16.7. The molecule has 0 aliphatic heterocycles. The molecule has 0 spiro atoms. The Morgan fingerprint density at radius 2 is 2.00 bits per heavy atom. The van der Waals surface area contributed by atoms with Gasteiger partial charge in [0.25, 0.3) is 0 Å². The number of nitrogens with two attached hydrogens (primary N) is 1. The Balaban J connectivity index is 1.50. The van der Waals surface area contributed by atoms with Crippen LogP contribution < -0.4 is 5.73 Å². The second-order valence-electron chi connectivity index (χ2n) is 4.65. The van der Waals surface area contributed by atoms with Gasteiger partial charge in [0.15, 0.2) is 0 Å². The predicted molar refractivity (Wildman–Crippen MR) is 54.9 cm³/mol. The standard InChI is InChI=1S/C11H21NO2/c12-10-2-1-3-11(6-10)14-8-13-7-9-4-5-9/h9-11H,1-8,12H2. The summed E-state index contributed by atoms with van der Waals surface area (Å²) in [5.74, 6) is 0.826. The van der Waals surface area contributed by atoms with Gasteiger partial charge < -0.3 is 15.2 Å². The molecule has 82 valence electrons. The van der Waals surface area contributed by atoms with Gasteiger partial charge in [-0.3, -0.25) is 0 Å². The van der Waals surface area contributed by atoms with Crippen molar-refractivity contribution in [3.63, 3.8) is 0 Å². The summed E-state index contributed by atoms with van der Waals surface area (Å²) in [6, 6.07) is 0.345. The summed E-state index contributed by atoms with van der Waals surface area (Å²) >= 11 is 0. The monoisotopic (exact) mass is 199 g/mol. The summed E-state index contributed by atoms with van der Waals surface area (Å²) < 4.78 is 11.1. The molecule has 2 aliphatic rings. The number of hydrogen-bond donors (Lipinski definition) is 1. The molecule has 2 unspecified atom stereocenters. The zero-order valence-electron chi connectivity index (χ0n) is 8.78. The van der Waals surface area contributed by atoms with Gasteiger partial charge in [0, 0.05) is 6.04 Å². The lowest BCUT2D eigenvalue weighted by atomic mass is 9.94. The van der Waals surface area contributed by atoms with Crippen molar-refractivity contribution in [3.05, 3.63) is 0 Å². The molecule has 0 heterocycles. The lowest BCUT2D eigenvalue weighted by Gasteiger charge is -2.26. The molecule has 2 atom stereocenters. The third-order valence-corrected chi connectivity index (χ3v) is 3.10. The average Bonchev–Trinajstić information content (AvgIpc) is 2.96. The molecule has 2 N–H and O–H groups in total. The molecule has 2 saturated carbocycles. The molecule has 14 heavy (non-hydrogen) atoms. The van der Waals surface area contributed by atoms with Crippen LogP contribution in [-0.2, 0) is 9.47 Å². The van der Waals surface area contributed by atoms with Crippen molar-refractivity contribution in [1.29, 1.82) is 0 Å². The molecule has 3 nitrogen and oxygen atoms in total. The van der Waals surface area contributed by atoms with E-state index in [0.29, 0.717) is 18.9 Å². The summed E-state index contributed by atoms with van der Waals surface area (Å²) in [7, 11) is 0. The van der Waals surface area contributed by atoms with Crippen molar-refractivity contribution in [2.75, 3.05) is 13.4 Å². The molecule has 2 fully saturated rings. The second-order valence-corrected chi connectivity index (χ2v) is 4.65. The fraction of sp³-hybridized carbons (Fsp3) is 1.00. The molecule has 2 rings (SSSR count). The smallest absolute Gasteiger partial charge is 0.147 e. The molecule has 0 radical (unpaired) electrons. The molecule has 0 aromatic rings. The van der Waals surface area contributed by atoms with Crippen molar-refractivity contribution in [1.82, 2.24) is 0 Å². The first-order valence-electron chi connectivity index (χ1n) is 5.79. The second kappa shape index (κ2) is 5.10. The highest BCUT2D eigenvalue weighted by Crippen LogP contribution is 2.28. The number of hydrogen-bond acceptors (Lipinski definition) is 3. The van der Waals surface area contributed by atoms with Crippen LogP contribution >= 0.6 is 0 Å². The van der Waals surface area contributed by atoms with E-state index in [4.69, 9.17) is 15.2 Å². The SMILES string of the molecule is NC1CCCC(OCOCC2CC2)C1. The van der Waals surface area contributed by atoms with E-state index in [2.05, 4.69) is 0 Å². The maximum absolute atomic E-state index is 5.87. The van der Waals surface area contributed by atoms with Crippen LogP contribution in [0, 0.1) is 5.92 Å². The van der Waals surface area contributed by atoms with Crippen molar-refractivity contribution >= 4 is 0 Å². The minimum absolute atomic E-state index is 0.345. The Hall–Kier alpha value is -0.120. The van der Waals surface area contributed by atoms with E-state index < -0.39 is 0 Å². The van der Waals surface area contributed by atoms with Crippen LogP contribution in [0.3, 0.4) is 0 Å². The van der Waals surface area contributed by atoms with Crippen LogP contribution in [0.25, 0.3) is 0 Å². The number of ether oxygens (including phenoxy) is 2. The highest BCUT2D eigenvalue weighted by molar-refractivity contribution is 4.75. The van der Waals surface area contributed by atoms with Gasteiger partial charge in [-0.2, -0.15) is 0 Å². The van der Waals surface area contributed by atoms with Gasteiger partial charge in [0.1, 0.15) is 6.79 Å².